The lowest BCUT2D eigenvalue weighted by Crippen LogP contribution is -2.28. The van der Waals surface area contributed by atoms with E-state index < -0.39 is 34.3 Å². The predicted octanol–water partition coefficient (Wildman–Crippen LogP) is 3.04. The summed E-state index contributed by atoms with van der Waals surface area (Å²) in [5, 5.41) is 2.57. The zero-order chi connectivity index (χ0) is 23.9. The van der Waals surface area contributed by atoms with Crippen LogP contribution in [0.15, 0.2) is 41.3 Å². The molecule has 2 aromatic carbocycles. The molecule has 0 bridgehead atoms. The first-order chi connectivity index (χ1) is 15.1. The summed E-state index contributed by atoms with van der Waals surface area (Å²) in [6.45, 7) is -3.47. The van der Waals surface area contributed by atoms with Gasteiger partial charge in [0.25, 0.3) is 0 Å². The van der Waals surface area contributed by atoms with Gasteiger partial charge >= 0.3 is 12.6 Å². The van der Waals surface area contributed by atoms with E-state index in [4.69, 9.17) is 16.3 Å². The summed E-state index contributed by atoms with van der Waals surface area (Å²) >= 11 is 5.78. The SMILES string of the molecule is COC(=O)c1cc(OC)c(OC(F)F)cc1NC(=O)CCNS(=O)(=O)c1cccc(Cl)c1. The van der Waals surface area contributed by atoms with Crippen LogP contribution in [0.3, 0.4) is 0 Å². The van der Waals surface area contributed by atoms with Gasteiger partial charge in [-0.15, -0.1) is 0 Å². The molecule has 2 aromatic rings. The Bertz CT molecular complexity index is 1100. The summed E-state index contributed by atoms with van der Waals surface area (Å²) in [6, 6.07) is 7.59. The molecule has 9 nitrogen and oxygen atoms in total. The van der Waals surface area contributed by atoms with Crippen molar-refractivity contribution in [2.24, 2.45) is 0 Å². The van der Waals surface area contributed by atoms with Crippen LogP contribution >= 0.6 is 11.6 Å². The van der Waals surface area contributed by atoms with Crippen molar-refractivity contribution in [3.63, 3.8) is 0 Å². The fourth-order valence-corrected chi connectivity index (χ4v) is 3.85. The lowest BCUT2D eigenvalue weighted by Gasteiger charge is -2.15. The second-order valence-electron chi connectivity index (χ2n) is 6.07. The summed E-state index contributed by atoms with van der Waals surface area (Å²) in [5.74, 6) is -2.19. The van der Waals surface area contributed by atoms with E-state index in [1.54, 1.807) is 0 Å². The number of ether oxygens (including phenoxy) is 3. The minimum absolute atomic E-state index is 0.0812. The van der Waals surface area contributed by atoms with E-state index in [1.807, 2.05) is 0 Å². The Kier molecular flexibility index (Phi) is 8.75. The molecule has 13 heteroatoms. The number of halogens is 3. The van der Waals surface area contributed by atoms with E-state index in [1.165, 1.54) is 31.4 Å². The molecule has 1 amide bonds. The van der Waals surface area contributed by atoms with Gasteiger partial charge in [-0.2, -0.15) is 8.78 Å². The Balaban J connectivity index is 2.14. The third-order valence-electron chi connectivity index (χ3n) is 3.95. The van der Waals surface area contributed by atoms with Crippen LogP contribution in [-0.4, -0.2) is 47.7 Å². The van der Waals surface area contributed by atoms with E-state index in [0.29, 0.717) is 0 Å². The number of anilines is 1. The predicted molar refractivity (Wildman–Crippen MR) is 111 cm³/mol. The highest BCUT2D eigenvalue weighted by molar-refractivity contribution is 7.89. The van der Waals surface area contributed by atoms with Crippen molar-refractivity contribution >= 4 is 39.2 Å². The number of carbonyl (C=O) groups is 2. The number of hydrogen-bond acceptors (Lipinski definition) is 7. The molecule has 0 aliphatic rings. The molecular weight excluding hydrogens is 474 g/mol. The Hall–Kier alpha value is -2.96. The molecule has 2 N–H and O–H groups in total. The van der Waals surface area contributed by atoms with E-state index in [-0.39, 0.29) is 39.9 Å². The topological polar surface area (TPSA) is 120 Å². The van der Waals surface area contributed by atoms with Crippen molar-refractivity contribution in [1.29, 1.82) is 0 Å². The van der Waals surface area contributed by atoms with Crippen molar-refractivity contribution in [1.82, 2.24) is 4.72 Å². The Morgan fingerprint density at radius 3 is 2.44 bits per heavy atom. The third-order valence-corrected chi connectivity index (χ3v) is 5.64. The van der Waals surface area contributed by atoms with Gasteiger partial charge in [0.2, 0.25) is 15.9 Å². The van der Waals surface area contributed by atoms with Crippen molar-refractivity contribution in [3.8, 4) is 11.5 Å². The normalized spacial score (nSPS) is 11.2. The molecule has 0 unspecified atom stereocenters. The molecule has 0 spiro atoms. The Labute approximate surface area is 187 Å². The number of sulfonamides is 1. The first-order valence-electron chi connectivity index (χ1n) is 8.87. The first-order valence-corrected chi connectivity index (χ1v) is 10.7. The van der Waals surface area contributed by atoms with Crippen molar-refractivity contribution in [3.05, 3.63) is 47.0 Å². The van der Waals surface area contributed by atoms with Gasteiger partial charge in [-0.1, -0.05) is 17.7 Å². The van der Waals surface area contributed by atoms with Crippen LogP contribution in [-0.2, 0) is 19.6 Å². The van der Waals surface area contributed by atoms with Crippen LogP contribution in [0.2, 0.25) is 5.02 Å². The zero-order valence-corrected chi connectivity index (χ0v) is 18.4. The van der Waals surface area contributed by atoms with Crippen LogP contribution in [0, 0.1) is 0 Å². The molecule has 174 valence electrons. The minimum atomic E-state index is -3.91. The van der Waals surface area contributed by atoms with Gasteiger partial charge in [-0.3, -0.25) is 4.79 Å². The molecule has 0 atom stereocenters. The zero-order valence-electron chi connectivity index (χ0n) is 16.9. The second kappa shape index (κ2) is 11.1. The number of rotatable bonds is 10. The van der Waals surface area contributed by atoms with Gasteiger partial charge in [0.05, 0.1) is 30.4 Å². The highest BCUT2D eigenvalue weighted by Crippen LogP contribution is 2.35. The molecule has 32 heavy (non-hydrogen) atoms. The molecule has 0 saturated carbocycles. The summed E-state index contributed by atoms with van der Waals surface area (Å²) in [6.07, 6.45) is -0.336. The van der Waals surface area contributed by atoms with E-state index in [0.717, 1.165) is 19.2 Å². The number of methoxy groups -OCH3 is 2. The second-order valence-corrected chi connectivity index (χ2v) is 8.28. The van der Waals surface area contributed by atoms with Crippen LogP contribution in [0.1, 0.15) is 16.8 Å². The average Bonchev–Trinajstić information content (AvgIpc) is 2.72. The van der Waals surface area contributed by atoms with E-state index >= 15 is 0 Å². The molecule has 0 aromatic heterocycles. The quantitative estimate of drug-likeness (QED) is 0.489. The average molecular weight is 493 g/mol. The van der Waals surface area contributed by atoms with Gasteiger partial charge in [0.15, 0.2) is 11.5 Å². The van der Waals surface area contributed by atoms with Gasteiger partial charge in [-0.25, -0.2) is 17.9 Å². The maximum Gasteiger partial charge on any atom is 0.387 e. The molecule has 0 aliphatic heterocycles. The maximum atomic E-state index is 12.7. The summed E-state index contributed by atoms with van der Waals surface area (Å²) in [5.41, 5.74) is -0.366. The fraction of sp³-hybridized carbons (Fsp3) is 0.263. The lowest BCUT2D eigenvalue weighted by molar-refractivity contribution is -0.116. The number of hydrogen-bond donors (Lipinski definition) is 2. The molecular formula is C19H19ClF2N2O7S. The van der Waals surface area contributed by atoms with Crippen LogP contribution in [0.25, 0.3) is 0 Å². The number of nitrogens with one attached hydrogen (secondary N) is 2. The van der Waals surface area contributed by atoms with Gasteiger partial charge in [-0.05, 0) is 18.2 Å². The Morgan fingerprint density at radius 1 is 1.12 bits per heavy atom. The largest absolute Gasteiger partial charge is 0.493 e. The highest BCUT2D eigenvalue weighted by Gasteiger charge is 2.21. The molecule has 0 fully saturated rings. The first kappa shape index (κ1) is 25.3. The maximum absolute atomic E-state index is 12.7. The summed E-state index contributed by atoms with van der Waals surface area (Å²) < 4.78 is 66.0. The standard InChI is InChI=1S/C19H19ClF2N2O7S/c1-29-15-9-13(18(26)30-2)14(10-16(15)31-19(21)22)24-17(25)6-7-23-32(27,28)12-5-3-4-11(20)8-12/h3-5,8-10,19,23H,6-7H2,1-2H3,(H,24,25). The molecule has 0 saturated heterocycles. The van der Waals surface area contributed by atoms with Gasteiger partial charge in [0, 0.05) is 30.1 Å². The van der Waals surface area contributed by atoms with Gasteiger partial charge in [0.1, 0.15) is 0 Å². The van der Waals surface area contributed by atoms with E-state index in [2.05, 4.69) is 19.5 Å². The van der Waals surface area contributed by atoms with Gasteiger partial charge < -0.3 is 19.5 Å². The number of esters is 1. The van der Waals surface area contributed by atoms with Crippen LogP contribution in [0.4, 0.5) is 14.5 Å². The number of alkyl halides is 2. The lowest BCUT2D eigenvalue weighted by atomic mass is 10.1. The molecule has 0 heterocycles. The fourth-order valence-electron chi connectivity index (χ4n) is 2.52. The van der Waals surface area contributed by atoms with E-state index in [9.17, 15) is 26.8 Å². The minimum Gasteiger partial charge on any atom is -0.493 e. The van der Waals surface area contributed by atoms with Crippen LogP contribution < -0.4 is 19.5 Å². The number of amides is 1. The van der Waals surface area contributed by atoms with Crippen molar-refractivity contribution < 1.29 is 41.0 Å². The molecule has 0 radical (unpaired) electrons. The Morgan fingerprint density at radius 2 is 1.84 bits per heavy atom. The monoisotopic (exact) mass is 492 g/mol. The number of carbonyl (C=O) groups excluding carboxylic acids is 2. The molecule has 0 aliphatic carbocycles. The van der Waals surface area contributed by atoms with Crippen molar-refractivity contribution in [2.75, 3.05) is 26.1 Å². The molecule has 2 rings (SSSR count). The summed E-state index contributed by atoms with van der Waals surface area (Å²) in [7, 11) is -1.64. The number of benzene rings is 2. The summed E-state index contributed by atoms with van der Waals surface area (Å²) in [4.78, 5) is 24.2. The van der Waals surface area contributed by atoms with Crippen molar-refractivity contribution in [2.45, 2.75) is 17.9 Å². The smallest absolute Gasteiger partial charge is 0.387 e. The third kappa shape index (κ3) is 6.77. The van der Waals surface area contributed by atoms with Crippen LogP contribution in [0.5, 0.6) is 11.5 Å². The highest BCUT2D eigenvalue weighted by atomic mass is 35.5.